The van der Waals surface area contributed by atoms with Gasteiger partial charge in [-0.15, -0.1) is 11.3 Å². The summed E-state index contributed by atoms with van der Waals surface area (Å²) in [5.74, 6) is 1.24. The van der Waals surface area contributed by atoms with E-state index in [9.17, 15) is 0 Å². The normalized spacial score (nSPS) is 12.9. The molecule has 0 saturated heterocycles. The van der Waals surface area contributed by atoms with Crippen molar-refractivity contribution in [1.82, 2.24) is 4.98 Å². The van der Waals surface area contributed by atoms with Crippen LogP contribution in [0, 0.1) is 6.92 Å². The van der Waals surface area contributed by atoms with Crippen molar-refractivity contribution >= 4 is 11.3 Å². The molecule has 1 atom stereocenters. The first kappa shape index (κ1) is 10.4. The molecule has 0 spiro atoms. The van der Waals surface area contributed by atoms with Gasteiger partial charge >= 0.3 is 0 Å². The second-order valence-electron chi connectivity index (χ2n) is 3.54. The molecule has 0 aliphatic rings. The Morgan fingerprint density at radius 2 is 2.47 bits per heavy atom. The van der Waals surface area contributed by atoms with Crippen LogP contribution in [0.2, 0.25) is 0 Å². The highest BCUT2D eigenvalue weighted by molar-refractivity contribution is 7.09. The minimum atomic E-state index is 0.273. The predicted molar refractivity (Wildman–Crippen MR) is 61.1 cm³/mol. The lowest BCUT2D eigenvalue weighted by atomic mass is 10.1. The zero-order valence-corrected chi connectivity index (χ0v) is 9.46. The Kier molecular flexibility index (Phi) is 3.18. The Balaban J connectivity index is 2.11. The second-order valence-corrected chi connectivity index (χ2v) is 4.43. The molecular formula is C11H14N2OS. The number of hydrogen-bond acceptors (Lipinski definition) is 4. The standard InChI is InChI=1S/C11H14N2OS/c1-8-7-15-11(13-8)9(6-12)5-10-3-2-4-14-10/h2-4,7,9H,5-6,12H2,1H3. The largest absolute Gasteiger partial charge is 0.469 e. The Morgan fingerprint density at radius 1 is 1.60 bits per heavy atom. The van der Waals surface area contributed by atoms with Crippen LogP contribution < -0.4 is 5.73 Å². The molecule has 0 aliphatic heterocycles. The monoisotopic (exact) mass is 222 g/mol. The summed E-state index contributed by atoms with van der Waals surface area (Å²) in [6.45, 7) is 2.61. The lowest BCUT2D eigenvalue weighted by Gasteiger charge is -2.09. The topological polar surface area (TPSA) is 52.0 Å². The van der Waals surface area contributed by atoms with Crippen LogP contribution in [-0.4, -0.2) is 11.5 Å². The third-order valence-electron chi connectivity index (χ3n) is 2.30. The van der Waals surface area contributed by atoms with Crippen molar-refractivity contribution in [2.45, 2.75) is 19.3 Å². The maximum Gasteiger partial charge on any atom is 0.104 e. The first-order valence-corrected chi connectivity index (χ1v) is 5.82. The van der Waals surface area contributed by atoms with Crippen LogP contribution in [-0.2, 0) is 6.42 Å². The van der Waals surface area contributed by atoms with Crippen molar-refractivity contribution in [3.63, 3.8) is 0 Å². The van der Waals surface area contributed by atoms with Gasteiger partial charge in [0.15, 0.2) is 0 Å². The zero-order chi connectivity index (χ0) is 10.7. The Bertz CT molecular complexity index is 408. The first-order chi connectivity index (χ1) is 7.29. The van der Waals surface area contributed by atoms with Crippen molar-refractivity contribution in [1.29, 1.82) is 0 Å². The van der Waals surface area contributed by atoms with Crippen molar-refractivity contribution in [2.24, 2.45) is 5.73 Å². The molecule has 0 bridgehead atoms. The predicted octanol–water partition coefficient (Wildman–Crippen LogP) is 2.33. The summed E-state index contributed by atoms with van der Waals surface area (Å²) in [5, 5.41) is 3.16. The molecule has 2 aromatic heterocycles. The smallest absolute Gasteiger partial charge is 0.104 e. The van der Waals surface area contributed by atoms with E-state index in [4.69, 9.17) is 10.2 Å². The van der Waals surface area contributed by atoms with Gasteiger partial charge in [-0.3, -0.25) is 0 Å². The van der Waals surface area contributed by atoms with Gasteiger partial charge in [0.25, 0.3) is 0 Å². The van der Waals surface area contributed by atoms with Gasteiger partial charge in [-0.05, 0) is 19.1 Å². The summed E-state index contributed by atoms with van der Waals surface area (Å²) in [4.78, 5) is 4.46. The Morgan fingerprint density at radius 3 is 3.00 bits per heavy atom. The average molecular weight is 222 g/mol. The van der Waals surface area contributed by atoms with E-state index in [-0.39, 0.29) is 5.92 Å². The molecule has 0 fully saturated rings. The molecule has 2 rings (SSSR count). The number of thiazole rings is 1. The molecule has 2 aromatic rings. The molecule has 0 amide bonds. The highest BCUT2D eigenvalue weighted by Gasteiger charge is 2.15. The lowest BCUT2D eigenvalue weighted by Crippen LogP contribution is -2.14. The molecule has 80 valence electrons. The van der Waals surface area contributed by atoms with E-state index in [2.05, 4.69) is 10.4 Å². The molecule has 1 unspecified atom stereocenters. The van der Waals surface area contributed by atoms with Crippen LogP contribution in [0.25, 0.3) is 0 Å². The average Bonchev–Trinajstić information content (AvgIpc) is 2.85. The van der Waals surface area contributed by atoms with Crippen molar-refractivity contribution in [3.05, 3.63) is 40.2 Å². The van der Waals surface area contributed by atoms with Gasteiger partial charge in [0.05, 0.1) is 11.3 Å². The summed E-state index contributed by atoms with van der Waals surface area (Å²) >= 11 is 1.67. The van der Waals surface area contributed by atoms with E-state index in [0.29, 0.717) is 6.54 Å². The highest BCUT2D eigenvalue weighted by Crippen LogP contribution is 2.23. The van der Waals surface area contributed by atoms with Gasteiger partial charge in [0, 0.05) is 30.0 Å². The fourth-order valence-electron chi connectivity index (χ4n) is 1.50. The maximum atomic E-state index is 5.76. The molecule has 0 radical (unpaired) electrons. The van der Waals surface area contributed by atoms with E-state index < -0.39 is 0 Å². The Hall–Kier alpha value is -1.13. The van der Waals surface area contributed by atoms with Gasteiger partial charge in [-0.1, -0.05) is 0 Å². The Labute approximate surface area is 92.9 Å². The summed E-state index contributed by atoms with van der Waals surface area (Å²) < 4.78 is 5.32. The maximum absolute atomic E-state index is 5.76. The van der Waals surface area contributed by atoms with Crippen molar-refractivity contribution < 1.29 is 4.42 Å². The fourth-order valence-corrected chi connectivity index (χ4v) is 2.42. The summed E-state index contributed by atoms with van der Waals surface area (Å²) in [7, 11) is 0. The number of nitrogens with two attached hydrogens (primary N) is 1. The highest BCUT2D eigenvalue weighted by atomic mass is 32.1. The van der Waals surface area contributed by atoms with Crippen LogP contribution in [0.15, 0.2) is 28.2 Å². The molecule has 0 aromatic carbocycles. The SMILES string of the molecule is Cc1csc(C(CN)Cc2ccco2)n1. The molecule has 4 heteroatoms. The van der Waals surface area contributed by atoms with Gasteiger partial charge in [-0.25, -0.2) is 4.98 Å². The van der Waals surface area contributed by atoms with Crippen LogP contribution in [0.5, 0.6) is 0 Å². The molecule has 0 aliphatic carbocycles. The number of furan rings is 1. The number of aryl methyl sites for hydroxylation is 1. The molecular weight excluding hydrogens is 208 g/mol. The third kappa shape index (κ3) is 2.46. The lowest BCUT2D eigenvalue weighted by molar-refractivity contribution is 0.486. The molecule has 2 heterocycles. The van der Waals surface area contributed by atoms with E-state index in [0.717, 1.165) is 22.9 Å². The van der Waals surface area contributed by atoms with Crippen LogP contribution in [0.1, 0.15) is 22.4 Å². The van der Waals surface area contributed by atoms with Crippen LogP contribution >= 0.6 is 11.3 Å². The van der Waals surface area contributed by atoms with Gasteiger partial charge in [0.2, 0.25) is 0 Å². The van der Waals surface area contributed by atoms with Crippen LogP contribution in [0.3, 0.4) is 0 Å². The molecule has 0 saturated carbocycles. The van der Waals surface area contributed by atoms with E-state index >= 15 is 0 Å². The molecule has 2 N–H and O–H groups in total. The van der Waals surface area contributed by atoms with E-state index in [1.165, 1.54) is 0 Å². The van der Waals surface area contributed by atoms with Gasteiger partial charge in [0.1, 0.15) is 5.76 Å². The summed E-state index contributed by atoms with van der Waals surface area (Å²) in [6.07, 6.45) is 2.52. The van der Waals surface area contributed by atoms with Crippen molar-refractivity contribution in [3.8, 4) is 0 Å². The molecule has 15 heavy (non-hydrogen) atoms. The first-order valence-electron chi connectivity index (χ1n) is 4.94. The van der Waals surface area contributed by atoms with E-state index in [1.807, 2.05) is 19.1 Å². The van der Waals surface area contributed by atoms with Crippen LogP contribution in [0.4, 0.5) is 0 Å². The minimum Gasteiger partial charge on any atom is -0.469 e. The van der Waals surface area contributed by atoms with Gasteiger partial charge < -0.3 is 10.2 Å². The fraction of sp³-hybridized carbons (Fsp3) is 0.364. The quantitative estimate of drug-likeness (QED) is 0.863. The zero-order valence-electron chi connectivity index (χ0n) is 8.64. The second kappa shape index (κ2) is 4.59. The number of rotatable bonds is 4. The van der Waals surface area contributed by atoms with Crippen molar-refractivity contribution in [2.75, 3.05) is 6.54 Å². The van der Waals surface area contributed by atoms with Gasteiger partial charge in [-0.2, -0.15) is 0 Å². The number of aromatic nitrogens is 1. The number of nitrogens with zero attached hydrogens (tertiary/aromatic N) is 1. The third-order valence-corrected chi connectivity index (χ3v) is 3.42. The number of hydrogen-bond donors (Lipinski definition) is 1. The minimum absolute atomic E-state index is 0.273. The van der Waals surface area contributed by atoms with E-state index in [1.54, 1.807) is 17.6 Å². The molecule has 3 nitrogen and oxygen atoms in total. The summed E-state index contributed by atoms with van der Waals surface area (Å²) in [6, 6.07) is 3.87. The summed E-state index contributed by atoms with van der Waals surface area (Å²) in [5.41, 5.74) is 6.82.